The van der Waals surface area contributed by atoms with E-state index in [1.807, 2.05) is 12.1 Å². The van der Waals surface area contributed by atoms with Crippen molar-refractivity contribution in [2.45, 2.75) is 39.2 Å². The number of hydrogen-bond acceptors (Lipinski definition) is 3. The first-order valence-corrected chi connectivity index (χ1v) is 10.1. The van der Waals surface area contributed by atoms with E-state index in [4.69, 9.17) is 4.74 Å². The van der Waals surface area contributed by atoms with Gasteiger partial charge in [0.15, 0.2) is 6.54 Å². The second kappa shape index (κ2) is 8.76. The van der Waals surface area contributed by atoms with Gasteiger partial charge in [0.2, 0.25) is 0 Å². The van der Waals surface area contributed by atoms with E-state index in [1.165, 1.54) is 23.4 Å². The summed E-state index contributed by atoms with van der Waals surface area (Å²) in [5.74, 6) is 2.42. The van der Waals surface area contributed by atoms with Crippen molar-refractivity contribution >= 4 is 11.6 Å². The largest absolute Gasteiger partial charge is 0.497 e. The summed E-state index contributed by atoms with van der Waals surface area (Å²) in [5, 5.41) is 3.31. The number of rotatable bonds is 5. The van der Waals surface area contributed by atoms with Crippen LogP contribution in [0.4, 0.5) is 5.69 Å². The first-order chi connectivity index (χ1) is 12.6. The zero-order valence-electron chi connectivity index (χ0n) is 16.5. The summed E-state index contributed by atoms with van der Waals surface area (Å²) in [7, 11) is 1.69. The third-order valence-corrected chi connectivity index (χ3v) is 6.37. The first kappa shape index (κ1) is 19.0. The molecule has 0 radical (unpaired) electrons. The molecule has 0 aromatic heterocycles. The standard InChI is InChI=1S/C21H33N3O2/c1-16-5-4-6-20(17(16)2)22-21(25)15-23-11-13-24(14-12-23)18-7-9-19(26-3)10-8-18/h7-10,16-17,20H,4-6,11-15H2,1-3H3,(H,22,25)/p+1/t16-,17+,20-/m0/s1. The number of piperazine rings is 1. The molecular weight excluding hydrogens is 326 g/mol. The zero-order valence-corrected chi connectivity index (χ0v) is 16.5. The van der Waals surface area contributed by atoms with E-state index in [1.54, 1.807) is 7.11 Å². The lowest BCUT2D eigenvalue weighted by Gasteiger charge is -2.36. The van der Waals surface area contributed by atoms with Gasteiger partial charge in [-0.3, -0.25) is 4.79 Å². The highest BCUT2D eigenvalue weighted by molar-refractivity contribution is 5.77. The number of methoxy groups -OCH3 is 1. The van der Waals surface area contributed by atoms with Crippen LogP contribution in [0.5, 0.6) is 5.75 Å². The van der Waals surface area contributed by atoms with E-state index >= 15 is 0 Å². The lowest BCUT2D eigenvalue weighted by atomic mass is 9.78. The lowest BCUT2D eigenvalue weighted by Crippen LogP contribution is -3.16. The lowest BCUT2D eigenvalue weighted by molar-refractivity contribution is -0.892. The van der Waals surface area contributed by atoms with Crippen LogP contribution in [0.3, 0.4) is 0 Å². The Morgan fingerprint density at radius 1 is 1.19 bits per heavy atom. The molecule has 5 nitrogen and oxygen atoms in total. The summed E-state index contributed by atoms with van der Waals surface area (Å²) in [4.78, 5) is 16.3. The number of anilines is 1. The zero-order chi connectivity index (χ0) is 18.5. The summed E-state index contributed by atoms with van der Waals surface area (Å²) >= 11 is 0. The number of hydrogen-bond donors (Lipinski definition) is 2. The average Bonchev–Trinajstić information content (AvgIpc) is 2.66. The van der Waals surface area contributed by atoms with Gasteiger partial charge in [-0.2, -0.15) is 0 Å². The molecule has 26 heavy (non-hydrogen) atoms. The van der Waals surface area contributed by atoms with E-state index < -0.39 is 0 Å². The van der Waals surface area contributed by atoms with Crippen molar-refractivity contribution in [2.75, 3.05) is 44.7 Å². The molecule has 1 amide bonds. The molecule has 2 aliphatic rings. The molecule has 0 bridgehead atoms. The molecule has 1 aliphatic carbocycles. The van der Waals surface area contributed by atoms with Crippen LogP contribution in [0.25, 0.3) is 0 Å². The predicted molar refractivity (Wildman–Crippen MR) is 105 cm³/mol. The minimum absolute atomic E-state index is 0.226. The molecule has 5 heteroatoms. The second-order valence-corrected chi connectivity index (χ2v) is 8.05. The Morgan fingerprint density at radius 3 is 2.54 bits per heavy atom. The van der Waals surface area contributed by atoms with Gasteiger partial charge in [-0.15, -0.1) is 0 Å². The molecule has 1 heterocycles. The van der Waals surface area contributed by atoms with E-state index in [-0.39, 0.29) is 5.91 Å². The number of benzene rings is 1. The van der Waals surface area contributed by atoms with Gasteiger partial charge in [-0.1, -0.05) is 26.7 Å². The van der Waals surface area contributed by atoms with Crippen LogP contribution < -0.4 is 19.9 Å². The van der Waals surface area contributed by atoms with Gasteiger partial charge in [0.1, 0.15) is 5.75 Å². The highest BCUT2D eigenvalue weighted by atomic mass is 16.5. The molecule has 3 atom stereocenters. The molecule has 1 aliphatic heterocycles. The molecule has 144 valence electrons. The fraction of sp³-hybridized carbons (Fsp3) is 0.667. The fourth-order valence-electron chi connectivity index (χ4n) is 4.32. The minimum atomic E-state index is 0.226. The molecule has 0 unspecified atom stereocenters. The number of ether oxygens (including phenoxy) is 1. The summed E-state index contributed by atoms with van der Waals surface area (Å²) in [6, 6.07) is 8.61. The average molecular weight is 361 g/mol. The van der Waals surface area contributed by atoms with E-state index in [9.17, 15) is 4.79 Å². The van der Waals surface area contributed by atoms with Crippen molar-refractivity contribution in [3.8, 4) is 5.75 Å². The summed E-state index contributed by atoms with van der Waals surface area (Å²) in [6.45, 7) is 9.21. The van der Waals surface area contributed by atoms with E-state index in [0.717, 1.165) is 44.3 Å². The quantitative estimate of drug-likeness (QED) is 0.833. The molecular formula is C21H34N3O2+. The number of quaternary nitrogens is 1. The summed E-state index contributed by atoms with van der Waals surface area (Å²) < 4.78 is 5.23. The van der Waals surface area contributed by atoms with E-state index in [2.05, 4.69) is 36.2 Å². The molecule has 1 saturated heterocycles. The number of amides is 1. The van der Waals surface area contributed by atoms with Crippen molar-refractivity contribution in [3.05, 3.63) is 24.3 Å². The van der Waals surface area contributed by atoms with Crippen LogP contribution in [0.15, 0.2) is 24.3 Å². The van der Waals surface area contributed by atoms with Gasteiger partial charge in [-0.05, 0) is 42.5 Å². The molecule has 1 aromatic carbocycles. The summed E-state index contributed by atoms with van der Waals surface area (Å²) in [5.41, 5.74) is 1.24. The number of nitrogens with one attached hydrogen (secondary N) is 2. The monoisotopic (exact) mass is 360 g/mol. The fourth-order valence-corrected chi connectivity index (χ4v) is 4.32. The van der Waals surface area contributed by atoms with Crippen LogP contribution in [0.1, 0.15) is 33.1 Å². The molecule has 2 N–H and O–H groups in total. The van der Waals surface area contributed by atoms with Crippen molar-refractivity contribution in [2.24, 2.45) is 11.8 Å². The van der Waals surface area contributed by atoms with Crippen LogP contribution in [-0.2, 0) is 4.79 Å². The third-order valence-electron chi connectivity index (χ3n) is 6.37. The van der Waals surface area contributed by atoms with Crippen molar-refractivity contribution in [1.29, 1.82) is 0 Å². The topological polar surface area (TPSA) is 46.0 Å². The highest BCUT2D eigenvalue weighted by Gasteiger charge is 2.29. The Bertz CT molecular complexity index is 581. The van der Waals surface area contributed by atoms with Crippen molar-refractivity contribution < 1.29 is 14.4 Å². The number of nitrogens with zero attached hydrogens (tertiary/aromatic N) is 1. The van der Waals surface area contributed by atoms with Gasteiger partial charge in [-0.25, -0.2) is 0 Å². The Hall–Kier alpha value is -1.75. The van der Waals surface area contributed by atoms with Gasteiger partial charge in [0, 0.05) is 11.7 Å². The van der Waals surface area contributed by atoms with E-state index in [0.29, 0.717) is 18.5 Å². The SMILES string of the molecule is COc1ccc(N2CC[NH+](CC(=O)N[C@H]3CCC[C@H](C)[C@H]3C)CC2)cc1. The Labute approximate surface area is 157 Å². The van der Waals surface area contributed by atoms with Gasteiger partial charge in [0.05, 0.1) is 33.3 Å². The molecule has 1 aromatic rings. The van der Waals surface area contributed by atoms with Crippen LogP contribution in [0, 0.1) is 11.8 Å². The number of carbonyl (C=O) groups excluding carboxylic acids is 1. The molecule has 2 fully saturated rings. The molecule has 1 saturated carbocycles. The van der Waals surface area contributed by atoms with Crippen LogP contribution in [-0.4, -0.2) is 51.8 Å². The number of carbonyl (C=O) groups is 1. The Morgan fingerprint density at radius 2 is 1.88 bits per heavy atom. The highest BCUT2D eigenvalue weighted by Crippen LogP contribution is 2.29. The maximum atomic E-state index is 12.5. The first-order valence-electron chi connectivity index (χ1n) is 10.1. The normalized spacial score (nSPS) is 27.2. The summed E-state index contributed by atoms with van der Waals surface area (Å²) in [6.07, 6.45) is 3.67. The van der Waals surface area contributed by atoms with Gasteiger partial charge < -0.3 is 19.9 Å². The smallest absolute Gasteiger partial charge is 0.275 e. The van der Waals surface area contributed by atoms with Crippen LogP contribution >= 0.6 is 0 Å². The molecule has 3 rings (SSSR count). The Kier molecular flexibility index (Phi) is 6.41. The predicted octanol–water partition coefficient (Wildman–Crippen LogP) is 1.34. The van der Waals surface area contributed by atoms with Crippen LogP contribution in [0.2, 0.25) is 0 Å². The Balaban J connectivity index is 1.43. The van der Waals surface area contributed by atoms with Gasteiger partial charge >= 0.3 is 0 Å². The maximum Gasteiger partial charge on any atom is 0.275 e. The second-order valence-electron chi connectivity index (χ2n) is 8.05. The van der Waals surface area contributed by atoms with Crippen molar-refractivity contribution in [1.82, 2.24) is 5.32 Å². The third kappa shape index (κ3) is 4.70. The maximum absolute atomic E-state index is 12.5. The van der Waals surface area contributed by atoms with Gasteiger partial charge in [0.25, 0.3) is 5.91 Å². The van der Waals surface area contributed by atoms with Crippen molar-refractivity contribution in [3.63, 3.8) is 0 Å². The minimum Gasteiger partial charge on any atom is -0.497 e. The molecule has 0 spiro atoms.